The number of aromatic nitrogens is 1. The lowest BCUT2D eigenvalue weighted by Gasteiger charge is -2.26. The summed E-state index contributed by atoms with van der Waals surface area (Å²) in [5.74, 6) is -2.00. The third kappa shape index (κ3) is 3.31. The van der Waals surface area contributed by atoms with Crippen LogP contribution in [0, 0.1) is 5.82 Å². The first-order chi connectivity index (χ1) is 14.0. The van der Waals surface area contributed by atoms with Gasteiger partial charge in [0.25, 0.3) is 11.8 Å². The third-order valence-electron chi connectivity index (χ3n) is 4.77. The number of carbonyl (C=O) groups excluding carboxylic acids is 3. The number of para-hydroxylation sites is 1. The normalized spacial score (nSPS) is 16.0. The minimum atomic E-state index is -0.864. The van der Waals surface area contributed by atoms with Crippen molar-refractivity contribution in [3.8, 4) is 0 Å². The fraction of sp³-hybridized carbons (Fsp3) is 0.136. The van der Waals surface area contributed by atoms with Crippen molar-refractivity contribution < 1.29 is 18.8 Å². The summed E-state index contributed by atoms with van der Waals surface area (Å²) in [4.78, 5) is 38.5. The number of carbonyl (C=O) groups is 3. The van der Waals surface area contributed by atoms with E-state index in [-0.39, 0.29) is 11.3 Å². The van der Waals surface area contributed by atoms with E-state index >= 15 is 0 Å². The molecule has 1 aliphatic heterocycles. The van der Waals surface area contributed by atoms with Crippen LogP contribution in [-0.4, -0.2) is 22.4 Å². The molecule has 0 unspecified atom stereocenters. The third-order valence-corrected chi connectivity index (χ3v) is 4.77. The van der Waals surface area contributed by atoms with Gasteiger partial charge in [0.1, 0.15) is 11.4 Å². The summed E-state index contributed by atoms with van der Waals surface area (Å²) < 4.78 is 15.3. The Morgan fingerprint density at radius 2 is 1.76 bits per heavy atom. The van der Waals surface area contributed by atoms with E-state index < -0.39 is 23.7 Å². The number of barbiturate groups is 1. The maximum absolute atomic E-state index is 13.2. The number of imide groups is 2. The largest absolute Gasteiger partial charge is 0.347 e. The monoisotopic (exact) mass is 391 g/mol. The molecule has 29 heavy (non-hydrogen) atoms. The Morgan fingerprint density at radius 3 is 2.48 bits per heavy atom. The fourth-order valence-electron chi connectivity index (χ4n) is 3.45. The predicted octanol–water partition coefficient (Wildman–Crippen LogP) is 3.86. The lowest BCUT2D eigenvalue weighted by molar-refractivity contribution is -0.122. The summed E-state index contributed by atoms with van der Waals surface area (Å²) >= 11 is 0. The highest BCUT2D eigenvalue weighted by Gasteiger charge is 2.37. The lowest BCUT2D eigenvalue weighted by Crippen LogP contribution is -2.54. The van der Waals surface area contributed by atoms with Gasteiger partial charge in [-0.05, 0) is 42.8 Å². The number of aryl methyl sites for hydroxylation is 1. The maximum atomic E-state index is 13.2. The zero-order chi connectivity index (χ0) is 20.5. The topological polar surface area (TPSA) is 71.4 Å². The number of amides is 4. The summed E-state index contributed by atoms with van der Waals surface area (Å²) in [6, 6.07) is 11.8. The number of benzene rings is 2. The molecule has 0 spiro atoms. The number of fused-ring (bicyclic) bond motifs is 1. The van der Waals surface area contributed by atoms with E-state index in [2.05, 4.69) is 16.8 Å². The fourth-order valence-corrected chi connectivity index (χ4v) is 3.45. The molecule has 0 saturated carbocycles. The van der Waals surface area contributed by atoms with E-state index in [4.69, 9.17) is 0 Å². The van der Waals surface area contributed by atoms with E-state index in [0.717, 1.165) is 40.9 Å². The number of anilines is 1. The number of halogens is 1. The van der Waals surface area contributed by atoms with Gasteiger partial charge in [-0.1, -0.05) is 25.1 Å². The van der Waals surface area contributed by atoms with Crippen LogP contribution in [0.3, 0.4) is 0 Å². The molecule has 1 N–H and O–H groups in total. The average molecular weight is 391 g/mol. The van der Waals surface area contributed by atoms with Gasteiger partial charge in [0.15, 0.2) is 0 Å². The number of rotatable bonds is 4. The second-order valence-electron chi connectivity index (χ2n) is 6.73. The standard InChI is InChI=1S/C22H18FN3O3/c1-2-11-25-13-14(17-5-3-4-6-19(17)25)12-18-20(27)24-22(29)26(21(18)28)16-9-7-15(23)8-10-16/h3-10,12-13H,2,11H2,1H3,(H,24,27,29)/b18-12-. The van der Waals surface area contributed by atoms with Crippen LogP contribution in [0.5, 0.6) is 0 Å². The second kappa shape index (κ2) is 7.35. The van der Waals surface area contributed by atoms with E-state index in [1.165, 1.54) is 18.2 Å². The van der Waals surface area contributed by atoms with Crippen molar-refractivity contribution in [2.75, 3.05) is 4.90 Å². The summed E-state index contributed by atoms with van der Waals surface area (Å²) in [6.07, 6.45) is 4.32. The van der Waals surface area contributed by atoms with E-state index in [0.29, 0.717) is 5.56 Å². The van der Waals surface area contributed by atoms with Crippen LogP contribution in [0.15, 0.2) is 60.3 Å². The first-order valence-electron chi connectivity index (χ1n) is 9.24. The summed E-state index contributed by atoms with van der Waals surface area (Å²) in [6.45, 7) is 2.86. The number of nitrogens with zero attached hydrogens (tertiary/aromatic N) is 2. The van der Waals surface area contributed by atoms with Crippen LogP contribution < -0.4 is 10.2 Å². The molecule has 1 fully saturated rings. The van der Waals surface area contributed by atoms with Crippen molar-refractivity contribution in [1.29, 1.82) is 0 Å². The van der Waals surface area contributed by atoms with Crippen molar-refractivity contribution in [2.45, 2.75) is 19.9 Å². The molecule has 2 heterocycles. The SMILES string of the molecule is CCCn1cc(/C=C2/C(=O)NC(=O)N(c3ccc(F)cc3)C2=O)c2ccccc21. The molecular formula is C22H18FN3O3. The highest BCUT2D eigenvalue weighted by atomic mass is 19.1. The quantitative estimate of drug-likeness (QED) is 0.542. The Morgan fingerprint density at radius 1 is 1.03 bits per heavy atom. The Bertz CT molecular complexity index is 1160. The van der Waals surface area contributed by atoms with Gasteiger partial charge in [0.05, 0.1) is 5.69 Å². The Kier molecular flexibility index (Phi) is 4.72. The van der Waals surface area contributed by atoms with Crippen molar-refractivity contribution >= 4 is 40.5 Å². The van der Waals surface area contributed by atoms with Crippen LogP contribution >= 0.6 is 0 Å². The van der Waals surface area contributed by atoms with Gasteiger partial charge in [0, 0.05) is 29.2 Å². The van der Waals surface area contributed by atoms with Gasteiger partial charge in [-0.3, -0.25) is 14.9 Å². The molecule has 0 bridgehead atoms. The molecule has 4 rings (SSSR count). The number of nitrogens with one attached hydrogen (secondary N) is 1. The molecule has 3 aromatic rings. The predicted molar refractivity (Wildman–Crippen MR) is 108 cm³/mol. The molecule has 1 aromatic heterocycles. The highest BCUT2D eigenvalue weighted by Crippen LogP contribution is 2.27. The smallest absolute Gasteiger partial charge is 0.335 e. The number of hydrogen-bond donors (Lipinski definition) is 1. The maximum Gasteiger partial charge on any atom is 0.335 e. The van der Waals surface area contributed by atoms with E-state index in [1.54, 1.807) is 0 Å². The molecule has 1 aliphatic rings. The molecule has 0 atom stereocenters. The highest BCUT2D eigenvalue weighted by molar-refractivity contribution is 6.39. The lowest BCUT2D eigenvalue weighted by atomic mass is 10.1. The van der Waals surface area contributed by atoms with Crippen LogP contribution in [0.4, 0.5) is 14.9 Å². The van der Waals surface area contributed by atoms with Crippen LogP contribution in [0.25, 0.3) is 17.0 Å². The molecule has 0 aliphatic carbocycles. The molecule has 7 heteroatoms. The first-order valence-corrected chi connectivity index (χ1v) is 9.24. The molecule has 2 aromatic carbocycles. The molecule has 1 saturated heterocycles. The zero-order valence-corrected chi connectivity index (χ0v) is 15.7. The van der Waals surface area contributed by atoms with Crippen molar-refractivity contribution in [3.05, 3.63) is 71.7 Å². The molecular weight excluding hydrogens is 373 g/mol. The number of urea groups is 1. The van der Waals surface area contributed by atoms with Gasteiger partial charge >= 0.3 is 6.03 Å². The van der Waals surface area contributed by atoms with Crippen molar-refractivity contribution in [2.24, 2.45) is 0 Å². The van der Waals surface area contributed by atoms with Crippen molar-refractivity contribution in [1.82, 2.24) is 9.88 Å². The van der Waals surface area contributed by atoms with Crippen LogP contribution in [0.2, 0.25) is 0 Å². The van der Waals surface area contributed by atoms with Gasteiger partial charge in [0.2, 0.25) is 0 Å². The molecule has 0 radical (unpaired) electrons. The average Bonchev–Trinajstić information content (AvgIpc) is 3.04. The van der Waals surface area contributed by atoms with Gasteiger partial charge < -0.3 is 4.57 Å². The van der Waals surface area contributed by atoms with E-state index in [1.807, 2.05) is 30.5 Å². The van der Waals surface area contributed by atoms with Crippen LogP contribution in [0.1, 0.15) is 18.9 Å². The van der Waals surface area contributed by atoms with Gasteiger partial charge in [-0.25, -0.2) is 14.1 Å². The van der Waals surface area contributed by atoms with E-state index in [9.17, 15) is 18.8 Å². The Labute approximate surface area is 166 Å². The first kappa shape index (κ1) is 18.6. The van der Waals surface area contributed by atoms with Crippen LogP contribution in [-0.2, 0) is 16.1 Å². The molecule has 146 valence electrons. The van der Waals surface area contributed by atoms with Crippen molar-refractivity contribution in [3.63, 3.8) is 0 Å². The number of hydrogen-bond acceptors (Lipinski definition) is 3. The molecule has 6 nitrogen and oxygen atoms in total. The second-order valence-corrected chi connectivity index (χ2v) is 6.73. The summed E-state index contributed by atoms with van der Waals surface area (Å²) in [7, 11) is 0. The van der Waals surface area contributed by atoms with Gasteiger partial charge in [-0.15, -0.1) is 0 Å². The molecule has 4 amide bonds. The zero-order valence-electron chi connectivity index (χ0n) is 15.7. The summed E-state index contributed by atoms with van der Waals surface area (Å²) in [5, 5.41) is 3.08. The minimum absolute atomic E-state index is 0.159. The summed E-state index contributed by atoms with van der Waals surface area (Å²) in [5.41, 5.74) is 1.73. The Hall–Kier alpha value is -3.74. The van der Waals surface area contributed by atoms with Gasteiger partial charge in [-0.2, -0.15) is 0 Å². The minimum Gasteiger partial charge on any atom is -0.347 e. The Balaban J connectivity index is 1.79.